The van der Waals surface area contributed by atoms with Gasteiger partial charge in [-0.2, -0.15) is 0 Å². The predicted molar refractivity (Wildman–Crippen MR) is 135 cm³/mol. The lowest BCUT2D eigenvalue weighted by atomic mass is 9.95. The highest BCUT2D eigenvalue weighted by Gasteiger charge is 2.45. The summed E-state index contributed by atoms with van der Waals surface area (Å²) in [6.07, 6.45) is -0.737. The SMILES string of the molecule is O=C1O[C@H](c2ccccc2)[C@H](c2ccccc2)N1c1cc2ccccc2n1Cc1ccccc1. The van der Waals surface area contributed by atoms with Crippen LogP contribution in [-0.2, 0) is 11.3 Å². The van der Waals surface area contributed by atoms with Gasteiger partial charge < -0.3 is 9.30 Å². The average molecular weight is 445 g/mol. The lowest BCUT2D eigenvalue weighted by molar-refractivity contribution is 0.132. The number of aromatic nitrogens is 1. The van der Waals surface area contributed by atoms with E-state index < -0.39 is 6.10 Å². The summed E-state index contributed by atoms with van der Waals surface area (Å²) in [5.74, 6) is 0.835. The van der Waals surface area contributed by atoms with Gasteiger partial charge in [-0.25, -0.2) is 4.79 Å². The highest BCUT2D eigenvalue weighted by atomic mass is 16.6. The molecular formula is C30H24N2O2. The van der Waals surface area contributed by atoms with Crippen molar-refractivity contribution in [3.63, 3.8) is 0 Å². The summed E-state index contributed by atoms with van der Waals surface area (Å²) in [5.41, 5.74) is 4.29. The summed E-state index contributed by atoms with van der Waals surface area (Å²) in [7, 11) is 0. The number of rotatable bonds is 5. The van der Waals surface area contributed by atoms with Crippen LogP contribution in [0.25, 0.3) is 10.9 Å². The molecular weight excluding hydrogens is 420 g/mol. The molecule has 1 aliphatic rings. The molecule has 0 radical (unpaired) electrons. The van der Waals surface area contributed by atoms with E-state index in [1.54, 1.807) is 0 Å². The number of ether oxygens (including phenoxy) is 1. The molecule has 4 aromatic carbocycles. The fraction of sp³-hybridized carbons (Fsp3) is 0.100. The van der Waals surface area contributed by atoms with Crippen LogP contribution in [-0.4, -0.2) is 10.7 Å². The van der Waals surface area contributed by atoms with Gasteiger partial charge in [-0.05, 0) is 28.8 Å². The van der Waals surface area contributed by atoms with Gasteiger partial charge in [0.25, 0.3) is 0 Å². The van der Waals surface area contributed by atoms with E-state index in [1.807, 2.05) is 83.8 Å². The number of amides is 1. The first kappa shape index (κ1) is 20.3. The summed E-state index contributed by atoms with van der Waals surface area (Å²) >= 11 is 0. The topological polar surface area (TPSA) is 34.5 Å². The third-order valence-corrected chi connectivity index (χ3v) is 6.48. The summed E-state index contributed by atoms with van der Waals surface area (Å²) in [5, 5.41) is 1.09. The maximum absolute atomic E-state index is 13.5. The van der Waals surface area contributed by atoms with Crippen molar-refractivity contribution in [2.24, 2.45) is 0 Å². The van der Waals surface area contributed by atoms with Crippen LogP contribution in [0.5, 0.6) is 0 Å². The Kier molecular flexibility index (Phi) is 5.11. The Morgan fingerprint density at radius 3 is 1.97 bits per heavy atom. The molecule has 166 valence electrons. The van der Waals surface area contributed by atoms with Gasteiger partial charge in [0.2, 0.25) is 0 Å². The fourth-order valence-electron chi connectivity index (χ4n) is 4.91. The van der Waals surface area contributed by atoms with Crippen molar-refractivity contribution in [2.45, 2.75) is 18.7 Å². The molecule has 0 N–H and O–H groups in total. The van der Waals surface area contributed by atoms with E-state index >= 15 is 0 Å². The van der Waals surface area contributed by atoms with E-state index in [0.717, 1.165) is 27.8 Å². The van der Waals surface area contributed by atoms with Crippen LogP contribution in [0.3, 0.4) is 0 Å². The van der Waals surface area contributed by atoms with E-state index in [2.05, 4.69) is 47.0 Å². The Bertz CT molecular complexity index is 1430. The van der Waals surface area contributed by atoms with Gasteiger partial charge in [0.15, 0.2) is 6.10 Å². The molecule has 2 atom stereocenters. The Hall–Kier alpha value is -4.31. The second kappa shape index (κ2) is 8.56. The Labute approximate surface area is 198 Å². The lowest BCUT2D eigenvalue weighted by Gasteiger charge is -2.26. The molecule has 1 aromatic heterocycles. The number of carbonyl (C=O) groups excluding carboxylic acids is 1. The van der Waals surface area contributed by atoms with Gasteiger partial charge in [-0.15, -0.1) is 0 Å². The molecule has 0 saturated carbocycles. The molecule has 6 rings (SSSR count). The normalized spacial score (nSPS) is 17.8. The van der Waals surface area contributed by atoms with Crippen molar-refractivity contribution in [2.75, 3.05) is 4.90 Å². The van der Waals surface area contributed by atoms with Crippen molar-refractivity contribution >= 4 is 22.8 Å². The first-order chi connectivity index (χ1) is 16.8. The van der Waals surface area contributed by atoms with E-state index in [1.165, 1.54) is 5.56 Å². The van der Waals surface area contributed by atoms with Crippen LogP contribution < -0.4 is 4.90 Å². The Balaban J connectivity index is 1.53. The first-order valence-corrected chi connectivity index (χ1v) is 11.5. The highest BCUT2D eigenvalue weighted by molar-refractivity contribution is 5.95. The molecule has 4 nitrogen and oxygen atoms in total. The first-order valence-electron chi connectivity index (χ1n) is 11.5. The number of anilines is 1. The molecule has 0 bridgehead atoms. The second-order valence-corrected chi connectivity index (χ2v) is 8.57. The number of hydrogen-bond acceptors (Lipinski definition) is 2. The molecule has 0 unspecified atom stereocenters. The number of hydrogen-bond donors (Lipinski definition) is 0. The number of fused-ring (bicyclic) bond motifs is 1. The van der Waals surface area contributed by atoms with Crippen LogP contribution in [0.2, 0.25) is 0 Å². The van der Waals surface area contributed by atoms with Gasteiger partial charge in [0.1, 0.15) is 11.9 Å². The zero-order valence-electron chi connectivity index (χ0n) is 18.6. The minimum absolute atomic E-state index is 0.282. The minimum atomic E-state index is -0.403. The van der Waals surface area contributed by atoms with Gasteiger partial charge in [-0.3, -0.25) is 4.90 Å². The quantitative estimate of drug-likeness (QED) is 0.289. The van der Waals surface area contributed by atoms with E-state index in [-0.39, 0.29) is 12.1 Å². The molecule has 34 heavy (non-hydrogen) atoms. The smallest absolute Gasteiger partial charge is 0.416 e. The minimum Gasteiger partial charge on any atom is -0.438 e. The summed E-state index contributed by atoms with van der Waals surface area (Å²) < 4.78 is 8.27. The third-order valence-electron chi connectivity index (χ3n) is 6.48. The maximum atomic E-state index is 13.5. The predicted octanol–water partition coefficient (Wildman–Crippen LogP) is 7.13. The molecule has 1 saturated heterocycles. The molecule has 5 aromatic rings. The van der Waals surface area contributed by atoms with Gasteiger partial charge in [0.05, 0.1) is 5.52 Å². The fourth-order valence-corrected chi connectivity index (χ4v) is 4.91. The van der Waals surface area contributed by atoms with Gasteiger partial charge in [0, 0.05) is 11.9 Å². The molecule has 1 amide bonds. The van der Waals surface area contributed by atoms with Crippen LogP contribution in [0.1, 0.15) is 28.8 Å². The van der Waals surface area contributed by atoms with Crippen LogP contribution in [0.15, 0.2) is 121 Å². The zero-order valence-corrected chi connectivity index (χ0v) is 18.6. The van der Waals surface area contributed by atoms with E-state index in [0.29, 0.717) is 6.54 Å². The van der Waals surface area contributed by atoms with Crippen molar-refractivity contribution in [1.82, 2.24) is 4.57 Å². The largest absolute Gasteiger partial charge is 0.438 e. The second-order valence-electron chi connectivity index (χ2n) is 8.57. The molecule has 0 spiro atoms. The van der Waals surface area contributed by atoms with Crippen molar-refractivity contribution in [3.05, 3.63) is 138 Å². The monoisotopic (exact) mass is 444 g/mol. The summed E-state index contributed by atoms with van der Waals surface area (Å²) in [4.78, 5) is 15.3. The molecule has 1 fully saturated rings. The van der Waals surface area contributed by atoms with Gasteiger partial charge in [-0.1, -0.05) is 109 Å². The molecule has 0 aliphatic carbocycles. The van der Waals surface area contributed by atoms with E-state index in [9.17, 15) is 4.79 Å². The lowest BCUT2D eigenvalue weighted by Crippen LogP contribution is -2.30. The maximum Gasteiger partial charge on any atom is 0.416 e. The number of benzene rings is 4. The van der Waals surface area contributed by atoms with Gasteiger partial charge >= 0.3 is 6.09 Å². The molecule has 1 aliphatic heterocycles. The average Bonchev–Trinajstić information content (AvgIpc) is 3.43. The zero-order chi connectivity index (χ0) is 22.9. The van der Waals surface area contributed by atoms with E-state index in [4.69, 9.17) is 4.74 Å². The molecule has 2 heterocycles. The number of carbonyl (C=O) groups is 1. The summed E-state index contributed by atoms with van der Waals surface area (Å²) in [6, 6.07) is 40.6. The molecule has 4 heteroatoms. The highest BCUT2D eigenvalue weighted by Crippen LogP contribution is 2.46. The Morgan fingerprint density at radius 2 is 1.26 bits per heavy atom. The van der Waals surface area contributed by atoms with Crippen LogP contribution in [0, 0.1) is 0 Å². The summed E-state index contributed by atoms with van der Waals surface area (Å²) in [6.45, 7) is 0.658. The number of nitrogens with zero attached hydrogens (tertiary/aromatic N) is 2. The van der Waals surface area contributed by atoms with Crippen LogP contribution >= 0.6 is 0 Å². The van der Waals surface area contributed by atoms with Crippen molar-refractivity contribution < 1.29 is 9.53 Å². The van der Waals surface area contributed by atoms with Crippen LogP contribution in [0.4, 0.5) is 10.6 Å². The number of cyclic esters (lactones) is 1. The number of para-hydroxylation sites is 1. The Morgan fingerprint density at radius 1 is 0.676 bits per heavy atom. The standard InChI is InChI=1S/C30H24N2O2/c33-30-32(28(23-14-6-2-7-15-23)29(34-30)24-16-8-3-9-17-24)27-20-25-18-10-11-19-26(25)31(27)21-22-12-4-1-5-13-22/h1-20,28-29H,21H2/t28-,29+/m0/s1. The third kappa shape index (κ3) is 3.54. The van der Waals surface area contributed by atoms with Crippen molar-refractivity contribution in [3.8, 4) is 0 Å². The van der Waals surface area contributed by atoms with Crippen molar-refractivity contribution in [1.29, 1.82) is 0 Å².